The molecule has 0 aromatic carbocycles. The maximum atomic E-state index is 12.2. The first-order chi connectivity index (χ1) is 8.47. The number of carbonyl (C=O) groups is 1. The second kappa shape index (κ2) is 3.89. The molecule has 4 nitrogen and oxygen atoms in total. The molecule has 1 spiro atoms. The van der Waals surface area contributed by atoms with Gasteiger partial charge in [-0.25, -0.2) is 4.79 Å². The number of amides is 2. The van der Waals surface area contributed by atoms with Crippen molar-refractivity contribution < 1.29 is 4.79 Å². The van der Waals surface area contributed by atoms with Crippen molar-refractivity contribution in [1.29, 1.82) is 0 Å². The van der Waals surface area contributed by atoms with Crippen LogP contribution in [0.3, 0.4) is 0 Å². The van der Waals surface area contributed by atoms with Gasteiger partial charge in [0.1, 0.15) is 11.4 Å². The Hall–Kier alpha value is -0.710. The Morgan fingerprint density at radius 1 is 1.50 bits per heavy atom. The molecule has 0 radical (unpaired) electrons. The Morgan fingerprint density at radius 2 is 2.22 bits per heavy atom. The Morgan fingerprint density at radius 3 is 2.83 bits per heavy atom. The van der Waals surface area contributed by atoms with E-state index in [-0.39, 0.29) is 17.0 Å². The van der Waals surface area contributed by atoms with Crippen LogP contribution in [0, 0.1) is 11.3 Å². The fraction of sp³-hybridized carbons (Fsp3) is 0.846. The van der Waals surface area contributed by atoms with Crippen LogP contribution in [0.4, 0.5) is 4.79 Å². The van der Waals surface area contributed by atoms with Gasteiger partial charge in [-0.15, -0.1) is 0 Å². The number of urea groups is 1. The minimum Gasteiger partial charge on any atom is -0.385 e. The maximum Gasteiger partial charge on any atom is 0.346 e. The van der Waals surface area contributed by atoms with Crippen molar-refractivity contribution in [1.82, 2.24) is 4.90 Å². The van der Waals surface area contributed by atoms with Gasteiger partial charge in [-0.1, -0.05) is 13.8 Å². The Balaban J connectivity index is 1.98. The first-order valence-electron chi connectivity index (χ1n) is 6.71. The molecule has 3 aliphatic rings. The number of carbonyl (C=O) groups excluding carboxylic acids is 1. The molecule has 2 N–H and O–H groups in total. The van der Waals surface area contributed by atoms with Crippen LogP contribution in [-0.4, -0.2) is 40.4 Å². The molecule has 0 aromatic heterocycles. The van der Waals surface area contributed by atoms with Crippen molar-refractivity contribution in [3.05, 3.63) is 0 Å². The van der Waals surface area contributed by atoms with E-state index in [0.29, 0.717) is 11.8 Å². The zero-order valence-electron chi connectivity index (χ0n) is 11.1. The topological polar surface area (TPSA) is 58.7 Å². The second-order valence-corrected chi connectivity index (χ2v) is 7.49. The highest BCUT2D eigenvalue weighted by Crippen LogP contribution is 2.49. The zero-order valence-corrected chi connectivity index (χ0v) is 11.9. The van der Waals surface area contributed by atoms with Gasteiger partial charge < -0.3 is 10.6 Å². The van der Waals surface area contributed by atoms with Crippen molar-refractivity contribution >= 4 is 23.6 Å². The van der Waals surface area contributed by atoms with Gasteiger partial charge in [0.25, 0.3) is 0 Å². The summed E-state index contributed by atoms with van der Waals surface area (Å²) in [5.74, 6) is 3.27. The molecule has 1 saturated carbocycles. The number of rotatable bonds is 2. The lowest BCUT2D eigenvalue weighted by atomic mass is 9.69. The lowest BCUT2D eigenvalue weighted by Gasteiger charge is -2.51. The van der Waals surface area contributed by atoms with Crippen LogP contribution in [0.2, 0.25) is 0 Å². The molecule has 1 saturated heterocycles. The van der Waals surface area contributed by atoms with Crippen molar-refractivity contribution in [2.45, 2.75) is 38.6 Å². The molecule has 2 amide bonds. The first-order valence-corrected chi connectivity index (χ1v) is 7.87. The molecular weight excluding hydrogens is 246 g/mol. The summed E-state index contributed by atoms with van der Waals surface area (Å²) in [6, 6.07) is -0.116. The highest BCUT2D eigenvalue weighted by atomic mass is 32.2. The third-order valence-corrected chi connectivity index (χ3v) is 5.89. The quantitative estimate of drug-likeness (QED) is 0.833. The van der Waals surface area contributed by atoms with Crippen LogP contribution >= 0.6 is 11.8 Å². The van der Waals surface area contributed by atoms with E-state index in [4.69, 9.17) is 5.73 Å². The summed E-state index contributed by atoms with van der Waals surface area (Å²) < 4.78 is 0. The van der Waals surface area contributed by atoms with E-state index < -0.39 is 0 Å². The van der Waals surface area contributed by atoms with Gasteiger partial charge in [0, 0.05) is 12.3 Å². The summed E-state index contributed by atoms with van der Waals surface area (Å²) >= 11 is 1.90. The molecule has 18 heavy (non-hydrogen) atoms. The summed E-state index contributed by atoms with van der Waals surface area (Å²) in [6.45, 7) is 5.30. The number of amidine groups is 1. The summed E-state index contributed by atoms with van der Waals surface area (Å²) in [4.78, 5) is 18.2. The SMILES string of the molecule is CC1(C)CCSCC12C(N)=NC(=O)N2CC1CC1. The minimum atomic E-state index is -0.338. The smallest absolute Gasteiger partial charge is 0.346 e. The van der Waals surface area contributed by atoms with E-state index in [1.165, 1.54) is 12.8 Å². The molecule has 1 unspecified atom stereocenters. The standard InChI is InChI=1S/C13H21N3OS/c1-12(2)5-6-18-8-13(12)10(14)15-11(17)16(13)7-9-3-4-9/h9H,3-8H2,1-2H3,(H2,14,15,17). The van der Waals surface area contributed by atoms with Crippen LogP contribution in [0.25, 0.3) is 0 Å². The van der Waals surface area contributed by atoms with Crippen LogP contribution in [0.5, 0.6) is 0 Å². The van der Waals surface area contributed by atoms with Gasteiger partial charge in [0.15, 0.2) is 0 Å². The monoisotopic (exact) mass is 267 g/mol. The van der Waals surface area contributed by atoms with Gasteiger partial charge in [-0.05, 0) is 36.3 Å². The average molecular weight is 267 g/mol. The molecule has 5 heteroatoms. The van der Waals surface area contributed by atoms with E-state index in [1.54, 1.807) is 0 Å². The minimum absolute atomic E-state index is 0.0207. The van der Waals surface area contributed by atoms with Gasteiger partial charge in [-0.3, -0.25) is 0 Å². The summed E-state index contributed by atoms with van der Waals surface area (Å²) in [5.41, 5.74) is 5.85. The Kier molecular flexibility index (Phi) is 2.66. The molecular formula is C13H21N3OS. The largest absolute Gasteiger partial charge is 0.385 e. The number of nitrogens with zero attached hydrogens (tertiary/aromatic N) is 2. The fourth-order valence-electron chi connectivity index (χ4n) is 3.16. The molecule has 0 aromatic rings. The van der Waals surface area contributed by atoms with Crippen LogP contribution in [-0.2, 0) is 0 Å². The van der Waals surface area contributed by atoms with Crippen molar-refractivity contribution in [3.8, 4) is 0 Å². The molecule has 100 valence electrons. The van der Waals surface area contributed by atoms with Crippen molar-refractivity contribution in [2.24, 2.45) is 22.1 Å². The highest BCUT2D eigenvalue weighted by Gasteiger charge is 2.59. The number of nitrogens with two attached hydrogens (primary N) is 1. The van der Waals surface area contributed by atoms with E-state index in [2.05, 4.69) is 18.8 Å². The third-order valence-electron chi connectivity index (χ3n) is 4.77. The molecule has 2 aliphatic heterocycles. The first kappa shape index (κ1) is 12.3. The summed E-state index contributed by atoms with van der Waals surface area (Å²) in [7, 11) is 0. The molecule has 0 bridgehead atoms. The van der Waals surface area contributed by atoms with E-state index in [9.17, 15) is 4.79 Å². The molecule has 2 heterocycles. The van der Waals surface area contributed by atoms with Gasteiger partial charge >= 0.3 is 6.03 Å². The fourth-order valence-corrected chi connectivity index (χ4v) is 4.95. The van der Waals surface area contributed by atoms with Crippen molar-refractivity contribution in [3.63, 3.8) is 0 Å². The molecule has 3 rings (SSSR count). The van der Waals surface area contributed by atoms with Gasteiger partial charge in [0.05, 0.1) is 0 Å². The Labute approximate surface area is 112 Å². The van der Waals surface area contributed by atoms with E-state index >= 15 is 0 Å². The zero-order chi connectivity index (χ0) is 13.0. The predicted molar refractivity (Wildman–Crippen MR) is 74.9 cm³/mol. The Bertz CT molecular complexity index is 416. The summed E-state index contributed by atoms with van der Waals surface area (Å²) in [6.07, 6.45) is 3.57. The normalized spacial score (nSPS) is 35.1. The van der Waals surface area contributed by atoms with Crippen LogP contribution < -0.4 is 5.73 Å². The second-order valence-electron chi connectivity index (χ2n) is 6.38. The van der Waals surface area contributed by atoms with Gasteiger partial charge in [-0.2, -0.15) is 16.8 Å². The number of thioether (sulfide) groups is 1. The highest BCUT2D eigenvalue weighted by molar-refractivity contribution is 7.99. The van der Waals surface area contributed by atoms with E-state index in [0.717, 1.165) is 24.5 Å². The number of hydrogen-bond donors (Lipinski definition) is 1. The number of aliphatic imine (C=N–C) groups is 1. The molecule has 1 aliphatic carbocycles. The maximum absolute atomic E-state index is 12.2. The lowest BCUT2D eigenvalue weighted by molar-refractivity contribution is 0.0844. The van der Waals surface area contributed by atoms with Gasteiger partial charge in [0.2, 0.25) is 0 Å². The summed E-state index contributed by atoms with van der Waals surface area (Å²) in [5, 5.41) is 0. The van der Waals surface area contributed by atoms with Crippen LogP contribution in [0.1, 0.15) is 33.1 Å². The molecule has 1 atom stereocenters. The van der Waals surface area contributed by atoms with Crippen molar-refractivity contribution in [2.75, 3.05) is 18.1 Å². The van der Waals surface area contributed by atoms with Crippen LogP contribution in [0.15, 0.2) is 4.99 Å². The van der Waals surface area contributed by atoms with E-state index in [1.807, 2.05) is 16.7 Å². The average Bonchev–Trinajstić information content (AvgIpc) is 3.05. The predicted octanol–water partition coefficient (Wildman–Crippen LogP) is 2.09. The third kappa shape index (κ3) is 1.59. The number of hydrogen-bond acceptors (Lipinski definition) is 3. The lowest BCUT2D eigenvalue weighted by Crippen LogP contribution is -2.66. The molecule has 2 fully saturated rings.